The molecule has 1 aliphatic carbocycles. The number of aromatic amines is 1. The summed E-state index contributed by atoms with van der Waals surface area (Å²) >= 11 is 0. The van der Waals surface area contributed by atoms with E-state index in [1.54, 1.807) is 0 Å². The fourth-order valence-corrected chi connectivity index (χ4v) is 4.48. The number of hydrogen-bond donors (Lipinski definition) is 1. The van der Waals surface area contributed by atoms with Crippen LogP contribution in [0.4, 0.5) is 0 Å². The van der Waals surface area contributed by atoms with Crippen LogP contribution in [0.3, 0.4) is 0 Å². The van der Waals surface area contributed by atoms with E-state index in [0.29, 0.717) is 41.0 Å². The van der Waals surface area contributed by atoms with Gasteiger partial charge >= 0.3 is 0 Å². The van der Waals surface area contributed by atoms with Crippen molar-refractivity contribution in [2.24, 2.45) is 0 Å². The number of hydrogen-bond acceptors (Lipinski definition) is 5. The number of H-pyrrole nitrogens is 1. The smallest absolute Gasteiger partial charge is 0.276 e. The largest absolute Gasteiger partial charge is 0.425 e. The van der Waals surface area contributed by atoms with Crippen molar-refractivity contribution in [3.8, 4) is 11.1 Å². The Bertz CT molecular complexity index is 1250. The standard InChI is InChI=1S/C23H25N5O2/c1-14-18(13-19-25-26-22(30-19)17-11-7-4-8-12-17)23(29)28-21(24-14)20(15(2)27-28)16-9-5-3-6-10-16/h3,5-6,9-10,17,27H,4,7-8,11-13H2,1-2H3. The van der Waals surface area contributed by atoms with E-state index < -0.39 is 0 Å². The summed E-state index contributed by atoms with van der Waals surface area (Å²) in [5, 5.41) is 11.7. The minimum Gasteiger partial charge on any atom is -0.425 e. The number of rotatable bonds is 4. The van der Waals surface area contributed by atoms with E-state index in [4.69, 9.17) is 9.40 Å². The maximum atomic E-state index is 13.3. The fraction of sp³-hybridized carbons (Fsp3) is 0.391. The van der Waals surface area contributed by atoms with Gasteiger partial charge in [-0.05, 0) is 32.3 Å². The SMILES string of the molecule is Cc1nc2c(-c3ccccc3)c(C)[nH]n2c(=O)c1Cc1nnc(C2CCCCC2)o1. The molecule has 4 aromatic rings. The topological polar surface area (TPSA) is 89.1 Å². The van der Waals surface area contributed by atoms with Crippen LogP contribution in [0.2, 0.25) is 0 Å². The van der Waals surface area contributed by atoms with Gasteiger partial charge in [0.1, 0.15) is 0 Å². The van der Waals surface area contributed by atoms with Gasteiger partial charge in [0.2, 0.25) is 11.8 Å². The van der Waals surface area contributed by atoms with Crippen molar-refractivity contribution >= 4 is 5.65 Å². The molecule has 3 aromatic heterocycles. The molecule has 1 aromatic carbocycles. The van der Waals surface area contributed by atoms with Crippen molar-refractivity contribution in [3.63, 3.8) is 0 Å². The van der Waals surface area contributed by atoms with Gasteiger partial charge in [-0.1, -0.05) is 49.6 Å². The van der Waals surface area contributed by atoms with Gasteiger partial charge in [-0.3, -0.25) is 9.89 Å². The van der Waals surface area contributed by atoms with E-state index in [-0.39, 0.29) is 5.56 Å². The molecule has 1 N–H and O–H groups in total. The van der Waals surface area contributed by atoms with Crippen LogP contribution in [0.1, 0.15) is 66.8 Å². The second-order valence-electron chi connectivity index (χ2n) is 8.16. The van der Waals surface area contributed by atoms with Crippen LogP contribution in [0.15, 0.2) is 39.5 Å². The molecule has 0 spiro atoms. The van der Waals surface area contributed by atoms with Gasteiger partial charge < -0.3 is 4.42 Å². The first-order valence-electron chi connectivity index (χ1n) is 10.6. The number of aryl methyl sites for hydroxylation is 2. The Kier molecular flexibility index (Phi) is 4.73. The summed E-state index contributed by atoms with van der Waals surface area (Å²) in [6.45, 7) is 3.83. The average molecular weight is 403 g/mol. The summed E-state index contributed by atoms with van der Waals surface area (Å²) in [5.74, 6) is 1.53. The predicted molar refractivity (Wildman–Crippen MR) is 114 cm³/mol. The highest BCUT2D eigenvalue weighted by Gasteiger charge is 2.23. The van der Waals surface area contributed by atoms with Crippen molar-refractivity contribution in [1.82, 2.24) is 24.8 Å². The monoisotopic (exact) mass is 403 g/mol. The molecule has 0 amide bonds. The second kappa shape index (κ2) is 7.55. The summed E-state index contributed by atoms with van der Waals surface area (Å²) < 4.78 is 7.47. The lowest BCUT2D eigenvalue weighted by Gasteiger charge is -2.17. The lowest BCUT2D eigenvalue weighted by Crippen LogP contribution is -2.22. The first-order chi connectivity index (χ1) is 14.6. The molecule has 30 heavy (non-hydrogen) atoms. The molecule has 7 nitrogen and oxygen atoms in total. The molecule has 0 atom stereocenters. The zero-order chi connectivity index (χ0) is 20.7. The molecule has 0 bridgehead atoms. The van der Waals surface area contributed by atoms with Crippen molar-refractivity contribution < 1.29 is 4.42 Å². The van der Waals surface area contributed by atoms with E-state index >= 15 is 0 Å². The third kappa shape index (κ3) is 3.24. The molecule has 3 heterocycles. The highest BCUT2D eigenvalue weighted by Crippen LogP contribution is 2.32. The molecular weight excluding hydrogens is 378 g/mol. The minimum absolute atomic E-state index is 0.125. The highest BCUT2D eigenvalue weighted by atomic mass is 16.4. The molecule has 0 saturated heterocycles. The summed E-state index contributed by atoms with van der Waals surface area (Å²) in [6, 6.07) is 9.99. The minimum atomic E-state index is -0.125. The molecule has 154 valence electrons. The van der Waals surface area contributed by atoms with E-state index in [1.807, 2.05) is 44.2 Å². The van der Waals surface area contributed by atoms with Crippen LogP contribution < -0.4 is 5.56 Å². The second-order valence-corrected chi connectivity index (χ2v) is 8.16. The molecular formula is C23H25N5O2. The van der Waals surface area contributed by atoms with Gasteiger partial charge in [0, 0.05) is 28.4 Å². The number of nitrogens with one attached hydrogen (secondary N) is 1. The predicted octanol–water partition coefficient (Wildman–Crippen LogP) is 4.33. The zero-order valence-electron chi connectivity index (χ0n) is 17.3. The van der Waals surface area contributed by atoms with Gasteiger partial charge in [-0.2, -0.15) is 0 Å². The molecule has 1 aliphatic rings. The Hall–Kier alpha value is -3.22. The molecule has 0 radical (unpaired) electrons. The Morgan fingerprint density at radius 1 is 1.10 bits per heavy atom. The third-order valence-corrected chi connectivity index (χ3v) is 6.09. The van der Waals surface area contributed by atoms with Crippen LogP contribution in [0, 0.1) is 13.8 Å². The quantitative estimate of drug-likeness (QED) is 0.548. The van der Waals surface area contributed by atoms with Crippen LogP contribution >= 0.6 is 0 Å². The van der Waals surface area contributed by atoms with Gasteiger partial charge in [0.15, 0.2) is 5.65 Å². The fourth-order valence-electron chi connectivity index (χ4n) is 4.48. The van der Waals surface area contributed by atoms with Crippen LogP contribution in [0.5, 0.6) is 0 Å². The lowest BCUT2D eigenvalue weighted by molar-refractivity contribution is 0.353. The van der Waals surface area contributed by atoms with Gasteiger partial charge in [-0.25, -0.2) is 9.50 Å². The lowest BCUT2D eigenvalue weighted by atomic mass is 9.89. The molecule has 0 unspecified atom stereocenters. The van der Waals surface area contributed by atoms with E-state index in [0.717, 1.165) is 29.7 Å². The Labute approximate surface area is 174 Å². The summed E-state index contributed by atoms with van der Waals surface area (Å²) in [4.78, 5) is 18.0. The van der Waals surface area contributed by atoms with Crippen molar-refractivity contribution in [3.05, 3.63) is 69.4 Å². The van der Waals surface area contributed by atoms with E-state index in [9.17, 15) is 4.79 Å². The normalized spacial score (nSPS) is 15.1. The Morgan fingerprint density at radius 2 is 1.87 bits per heavy atom. The average Bonchev–Trinajstić information content (AvgIpc) is 3.37. The van der Waals surface area contributed by atoms with Crippen LogP contribution in [-0.4, -0.2) is 24.8 Å². The molecule has 7 heteroatoms. The first-order valence-corrected chi connectivity index (χ1v) is 10.6. The van der Waals surface area contributed by atoms with E-state index in [1.165, 1.54) is 23.8 Å². The summed E-state index contributed by atoms with van der Waals surface area (Å²) in [5.41, 5.74) is 4.65. The Balaban J connectivity index is 1.52. The number of fused-ring (bicyclic) bond motifs is 1. The molecule has 1 fully saturated rings. The Morgan fingerprint density at radius 3 is 2.63 bits per heavy atom. The first kappa shape index (κ1) is 18.8. The van der Waals surface area contributed by atoms with Gasteiger partial charge in [0.25, 0.3) is 5.56 Å². The van der Waals surface area contributed by atoms with Crippen molar-refractivity contribution in [2.75, 3.05) is 0 Å². The van der Waals surface area contributed by atoms with Crippen LogP contribution in [0.25, 0.3) is 16.8 Å². The number of benzene rings is 1. The van der Waals surface area contributed by atoms with Gasteiger partial charge in [-0.15, -0.1) is 10.2 Å². The third-order valence-electron chi connectivity index (χ3n) is 6.09. The molecule has 0 aliphatic heterocycles. The highest BCUT2D eigenvalue weighted by molar-refractivity contribution is 5.79. The van der Waals surface area contributed by atoms with Gasteiger partial charge in [0.05, 0.1) is 6.42 Å². The number of nitrogens with zero attached hydrogens (tertiary/aromatic N) is 4. The maximum absolute atomic E-state index is 13.3. The zero-order valence-corrected chi connectivity index (χ0v) is 17.3. The summed E-state index contributed by atoms with van der Waals surface area (Å²) in [7, 11) is 0. The maximum Gasteiger partial charge on any atom is 0.276 e. The van der Waals surface area contributed by atoms with Crippen LogP contribution in [-0.2, 0) is 6.42 Å². The molecule has 1 saturated carbocycles. The van der Waals surface area contributed by atoms with Crippen molar-refractivity contribution in [2.45, 2.75) is 58.3 Å². The van der Waals surface area contributed by atoms with Crippen molar-refractivity contribution in [1.29, 1.82) is 0 Å². The summed E-state index contributed by atoms with van der Waals surface area (Å²) in [6.07, 6.45) is 6.18. The molecule has 5 rings (SSSR count). The van der Waals surface area contributed by atoms with E-state index in [2.05, 4.69) is 15.3 Å². The number of aromatic nitrogens is 5.